The number of rotatable bonds is 13. The largest absolute Gasteiger partial charge is 0.475 e. The predicted molar refractivity (Wildman–Crippen MR) is 186 cm³/mol. The molecule has 0 aromatic carbocycles. The van der Waals surface area contributed by atoms with Crippen molar-refractivity contribution in [2.24, 2.45) is 46.0 Å². The maximum absolute atomic E-state index is 7.30. The summed E-state index contributed by atoms with van der Waals surface area (Å²) in [6, 6.07) is 0. The number of unbranched alkanes of at least 4 members (excludes halogenated alkanes) is 2. The second kappa shape index (κ2) is 14.0. The molecule has 2 aliphatic heterocycles. The molecular formula is C34H67B2N5O4. The summed E-state index contributed by atoms with van der Waals surface area (Å²) in [4.78, 5) is 0. The summed E-state index contributed by atoms with van der Waals surface area (Å²) in [5, 5.41) is 14.1. The van der Waals surface area contributed by atoms with Gasteiger partial charge < -0.3 is 40.7 Å². The lowest BCUT2D eigenvalue weighted by Crippen LogP contribution is -2.63. The molecule has 0 aromatic heterocycles. The standard InChI is InChI=1S/C17H32BN3O2.C16H31BN2O2.CH4/c1-16(2)11-9-12(16)15-17(3,10-11)23-18(22-15)13(21-4)7-5-6-8-14(19)20;1-15(2)11-9-12(15)14-16(3,10-11)21-17(20-14)13(19-4)7-5-6-8-18;/h11-13,15,21H,5-10H2,1-4H3,(H3,19,20);11-14,19H,5-10,18H2,1-4H3;1H4. The molecule has 2 saturated heterocycles. The van der Waals surface area contributed by atoms with Gasteiger partial charge in [0.25, 0.3) is 0 Å². The minimum Gasteiger partial charge on any atom is -0.404 e. The average Bonchev–Trinajstić information content (AvgIpc) is 3.51. The Morgan fingerprint density at radius 2 is 1.20 bits per heavy atom. The molecule has 4 bridgehead atoms. The smallest absolute Gasteiger partial charge is 0.404 e. The molecule has 0 aromatic rings. The minimum absolute atomic E-state index is 0. The van der Waals surface area contributed by atoms with Crippen molar-refractivity contribution >= 4 is 20.1 Å². The molecular weight excluding hydrogens is 564 g/mol. The van der Waals surface area contributed by atoms with Crippen LogP contribution >= 0.6 is 0 Å². The molecule has 0 spiro atoms. The first-order valence-electron chi connectivity index (χ1n) is 17.7. The van der Waals surface area contributed by atoms with Crippen LogP contribution in [0.25, 0.3) is 0 Å². The summed E-state index contributed by atoms with van der Waals surface area (Å²) in [6.45, 7) is 14.9. The predicted octanol–water partition coefficient (Wildman–Crippen LogP) is 4.95. The topological polar surface area (TPSA) is 137 Å². The molecule has 8 fully saturated rings. The summed E-state index contributed by atoms with van der Waals surface area (Å²) in [5.74, 6) is 3.64. The van der Waals surface area contributed by atoms with Gasteiger partial charge in [-0.1, -0.05) is 48.0 Å². The van der Waals surface area contributed by atoms with Crippen molar-refractivity contribution in [3.63, 3.8) is 0 Å². The number of hydrogen-bond acceptors (Lipinski definition) is 8. The van der Waals surface area contributed by atoms with Crippen LogP contribution in [0.1, 0.15) is 120 Å². The van der Waals surface area contributed by atoms with Gasteiger partial charge in [-0.15, -0.1) is 0 Å². The number of amidine groups is 1. The van der Waals surface area contributed by atoms with E-state index in [2.05, 4.69) is 52.2 Å². The summed E-state index contributed by atoms with van der Waals surface area (Å²) in [5.41, 5.74) is 11.7. The lowest BCUT2D eigenvalue weighted by atomic mass is 9.45. The van der Waals surface area contributed by atoms with Crippen LogP contribution < -0.4 is 22.1 Å². The normalized spacial score (nSPS) is 39.2. The van der Waals surface area contributed by atoms with E-state index >= 15 is 0 Å². The Bertz CT molecular complexity index is 1020. The molecule has 0 amide bonds. The Morgan fingerprint density at radius 3 is 1.56 bits per heavy atom. The van der Waals surface area contributed by atoms with Gasteiger partial charge in [-0.25, -0.2) is 0 Å². The molecule has 7 N–H and O–H groups in total. The van der Waals surface area contributed by atoms with E-state index in [-0.39, 0.29) is 62.8 Å². The first-order chi connectivity index (χ1) is 20.7. The Labute approximate surface area is 275 Å². The van der Waals surface area contributed by atoms with Crippen LogP contribution in [-0.2, 0) is 18.6 Å². The average molecular weight is 632 g/mol. The minimum atomic E-state index is -0.150. The molecule has 11 heteroatoms. The van der Waals surface area contributed by atoms with Gasteiger partial charge in [-0.2, -0.15) is 0 Å². The van der Waals surface area contributed by atoms with Crippen LogP contribution in [0.5, 0.6) is 0 Å². The number of hydrogen-bond donors (Lipinski definition) is 5. The van der Waals surface area contributed by atoms with Gasteiger partial charge >= 0.3 is 14.2 Å². The van der Waals surface area contributed by atoms with Crippen molar-refractivity contribution in [3.05, 3.63) is 0 Å². The van der Waals surface area contributed by atoms with Crippen LogP contribution in [0.2, 0.25) is 0 Å². The molecule has 10 atom stereocenters. The molecule has 45 heavy (non-hydrogen) atoms. The molecule has 8 aliphatic rings. The van der Waals surface area contributed by atoms with E-state index < -0.39 is 0 Å². The fourth-order valence-electron chi connectivity index (χ4n) is 9.85. The van der Waals surface area contributed by atoms with Crippen LogP contribution in [0.3, 0.4) is 0 Å². The summed E-state index contributed by atoms with van der Waals surface area (Å²) in [6.07, 6.45) is 12.3. The van der Waals surface area contributed by atoms with E-state index in [0.717, 1.165) is 69.7 Å². The van der Waals surface area contributed by atoms with Crippen molar-refractivity contribution < 1.29 is 18.6 Å². The molecule has 2 heterocycles. The third kappa shape index (κ3) is 6.93. The van der Waals surface area contributed by atoms with E-state index in [1.54, 1.807) is 0 Å². The van der Waals surface area contributed by atoms with Gasteiger partial charge in [-0.3, -0.25) is 5.41 Å². The fourth-order valence-corrected chi connectivity index (χ4v) is 9.85. The zero-order chi connectivity index (χ0) is 32.1. The van der Waals surface area contributed by atoms with Crippen molar-refractivity contribution in [2.45, 2.75) is 155 Å². The number of nitrogens with two attached hydrogens (primary N) is 2. The Kier molecular flexibility index (Phi) is 11.6. The lowest BCUT2D eigenvalue weighted by Gasteiger charge is -2.63. The van der Waals surface area contributed by atoms with E-state index in [0.29, 0.717) is 29.1 Å². The van der Waals surface area contributed by atoms with Crippen molar-refractivity contribution in [2.75, 3.05) is 20.6 Å². The molecule has 8 rings (SSSR count). The van der Waals surface area contributed by atoms with Crippen molar-refractivity contribution in [3.8, 4) is 0 Å². The number of nitrogens with one attached hydrogen (secondary N) is 3. The van der Waals surface area contributed by atoms with E-state index in [4.69, 9.17) is 35.5 Å². The van der Waals surface area contributed by atoms with Crippen molar-refractivity contribution in [1.29, 1.82) is 5.41 Å². The Balaban J connectivity index is 0.000000201. The maximum Gasteiger partial charge on any atom is 0.475 e. The highest BCUT2D eigenvalue weighted by atomic mass is 16.7. The van der Waals surface area contributed by atoms with Crippen molar-refractivity contribution in [1.82, 2.24) is 10.6 Å². The highest BCUT2D eigenvalue weighted by Gasteiger charge is 2.68. The van der Waals surface area contributed by atoms with Crippen LogP contribution in [0, 0.1) is 39.9 Å². The van der Waals surface area contributed by atoms with Gasteiger partial charge in [0.2, 0.25) is 0 Å². The highest BCUT2D eigenvalue weighted by Crippen LogP contribution is 2.66. The quantitative estimate of drug-likeness (QED) is 0.0835. The molecule has 6 saturated carbocycles. The van der Waals surface area contributed by atoms with E-state index in [1.165, 1.54) is 12.8 Å². The first-order valence-corrected chi connectivity index (χ1v) is 17.7. The second-order valence-electron chi connectivity index (χ2n) is 16.7. The van der Waals surface area contributed by atoms with Gasteiger partial charge in [0.1, 0.15) is 0 Å². The van der Waals surface area contributed by atoms with Gasteiger partial charge in [-0.05, 0) is 120 Å². The lowest BCUT2D eigenvalue weighted by molar-refractivity contribution is -0.185. The zero-order valence-electron chi connectivity index (χ0n) is 29.0. The third-order valence-electron chi connectivity index (χ3n) is 13.2. The van der Waals surface area contributed by atoms with Crippen LogP contribution in [0.15, 0.2) is 0 Å². The Hall–Kier alpha value is -0.680. The van der Waals surface area contributed by atoms with Gasteiger partial charge in [0.05, 0.1) is 29.2 Å². The second-order valence-corrected chi connectivity index (χ2v) is 16.7. The fraction of sp³-hybridized carbons (Fsp3) is 0.971. The molecule has 258 valence electrons. The van der Waals surface area contributed by atoms with Gasteiger partial charge in [0, 0.05) is 18.3 Å². The monoisotopic (exact) mass is 632 g/mol. The molecule has 0 radical (unpaired) electrons. The summed E-state index contributed by atoms with van der Waals surface area (Å²) in [7, 11) is 3.74. The molecule has 6 aliphatic carbocycles. The maximum atomic E-state index is 7.30. The van der Waals surface area contributed by atoms with Gasteiger partial charge in [0.15, 0.2) is 0 Å². The van der Waals surface area contributed by atoms with Crippen LogP contribution in [0.4, 0.5) is 0 Å². The summed E-state index contributed by atoms with van der Waals surface area (Å²) >= 11 is 0. The molecule has 10 unspecified atom stereocenters. The van der Waals surface area contributed by atoms with Crippen LogP contribution in [-0.4, -0.2) is 76.0 Å². The third-order valence-corrected chi connectivity index (χ3v) is 13.2. The highest BCUT2D eigenvalue weighted by molar-refractivity contribution is 6.47. The SMILES string of the molecule is C.CNC(CCCCC(=N)N)B1OC2C3CC(CC2(C)O1)C3(C)C.CNC(CCCCN)B1OC2C3CC(CC2(C)O1)C3(C)C. The summed E-state index contributed by atoms with van der Waals surface area (Å²) < 4.78 is 25.7. The zero-order valence-corrected chi connectivity index (χ0v) is 29.0. The van der Waals surface area contributed by atoms with E-state index in [1.807, 2.05) is 14.1 Å². The molecule has 9 nitrogen and oxygen atoms in total. The van der Waals surface area contributed by atoms with E-state index in [9.17, 15) is 0 Å². The Morgan fingerprint density at radius 1 is 0.778 bits per heavy atom. The first kappa shape index (κ1) is 37.1.